The van der Waals surface area contributed by atoms with Crippen molar-refractivity contribution < 1.29 is 33.4 Å². The summed E-state index contributed by atoms with van der Waals surface area (Å²) in [4.78, 5) is 23.1. The predicted octanol–water partition coefficient (Wildman–Crippen LogP) is 4.55. The number of hydrogen-bond acceptors (Lipinski definition) is 11. The topological polar surface area (TPSA) is 153 Å². The van der Waals surface area contributed by atoms with Gasteiger partial charge in [-0.25, -0.2) is 9.69 Å². The quantitative estimate of drug-likeness (QED) is 0.164. The van der Waals surface area contributed by atoms with Crippen LogP contribution < -0.4 is 23.7 Å². The SMILES string of the molecule is COc1cc(C2CC(c3cc(OC)c(OC)c(OC)c3)=NN2C(C)=O)ccc1OCc1cn(Cc2ccc([N+](=O)[O-])cc2)nn1. The van der Waals surface area contributed by atoms with Gasteiger partial charge in [0.25, 0.3) is 5.69 Å². The molecule has 0 spiro atoms. The second kappa shape index (κ2) is 13.3. The van der Waals surface area contributed by atoms with E-state index in [0.29, 0.717) is 53.1 Å². The number of carbonyl (C=O) groups is 1. The zero-order chi connectivity index (χ0) is 32.1. The molecular weight excluding hydrogens is 584 g/mol. The number of nitro groups is 1. The third-order valence-electron chi connectivity index (χ3n) is 7.26. The van der Waals surface area contributed by atoms with Crippen LogP contribution in [0, 0.1) is 10.1 Å². The Kier molecular flexibility index (Phi) is 9.12. The van der Waals surface area contributed by atoms with Gasteiger partial charge in [0.1, 0.15) is 12.3 Å². The summed E-state index contributed by atoms with van der Waals surface area (Å²) < 4.78 is 29.7. The minimum atomic E-state index is -0.439. The van der Waals surface area contributed by atoms with E-state index in [9.17, 15) is 14.9 Å². The summed E-state index contributed by atoms with van der Waals surface area (Å²) in [5, 5.41) is 25.3. The molecule has 14 nitrogen and oxygen atoms in total. The van der Waals surface area contributed by atoms with Crippen molar-refractivity contribution in [2.45, 2.75) is 32.5 Å². The number of hydrazone groups is 1. The van der Waals surface area contributed by atoms with Crippen LogP contribution in [-0.2, 0) is 17.9 Å². The van der Waals surface area contributed by atoms with Crippen LogP contribution in [0.4, 0.5) is 5.69 Å². The molecule has 1 atom stereocenters. The highest BCUT2D eigenvalue weighted by molar-refractivity contribution is 6.04. The number of methoxy groups -OCH3 is 4. The zero-order valence-electron chi connectivity index (χ0n) is 25.4. The highest BCUT2D eigenvalue weighted by atomic mass is 16.6. The van der Waals surface area contributed by atoms with Crippen LogP contribution in [0.15, 0.2) is 65.9 Å². The molecule has 0 fully saturated rings. The molecule has 3 aromatic carbocycles. The lowest BCUT2D eigenvalue weighted by Gasteiger charge is -2.21. The zero-order valence-corrected chi connectivity index (χ0v) is 25.4. The van der Waals surface area contributed by atoms with E-state index < -0.39 is 4.92 Å². The van der Waals surface area contributed by atoms with Crippen LogP contribution in [0.1, 0.15) is 41.8 Å². The van der Waals surface area contributed by atoms with Crippen LogP contribution in [0.3, 0.4) is 0 Å². The first kappa shape index (κ1) is 30.8. The molecule has 1 aliphatic rings. The predicted molar refractivity (Wildman–Crippen MR) is 162 cm³/mol. The average molecular weight is 617 g/mol. The summed E-state index contributed by atoms with van der Waals surface area (Å²) in [5.74, 6) is 2.21. The first-order valence-corrected chi connectivity index (χ1v) is 13.8. The molecule has 0 saturated carbocycles. The second-order valence-electron chi connectivity index (χ2n) is 10.1. The Morgan fingerprint density at radius 3 is 2.22 bits per heavy atom. The van der Waals surface area contributed by atoms with Crippen molar-refractivity contribution in [1.82, 2.24) is 20.0 Å². The maximum Gasteiger partial charge on any atom is 0.269 e. The Hall–Kier alpha value is -5.66. The Balaban J connectivity index is 1.29. The van der Waals surface area contributed by atoms with Crippen LogP contribution in [-0.4, -0.2) is 65.0 Å². The summed E-state index contributed by atoms with van der Waals surface area (Å²) >= 11 is 0. The summed E-state index contributed by atoms with van der Waals surface area (Å²) in [6, 6.07) is 15.0. The highest BCUT2D eigenvalue weighted by Crippen LogP contribution is 2.42. The van der Waals surface area contributed by atoms with Crippen molar-refractivity contribution >= 4 is 17.3 Å². The molecule has 0 radical (unpaired) electrons. The van der Waals surface area contributed by atoms with Gasteiger partial charge >= 0.3 is 0 Å². The van der Waals surface area contributed by atoms with Gasteiger partial charge in [0.2, 0.25) is 11.7 Å². The molecule has 0 aliphatic carbocycles. The summed E-state index contributed by atoms with van der Waals surface area (Å²) in [6.07, 6.45) is 2.19. The maximum atomic E-state index is 12.6. The second-order valence-corrected chi connectivity index (χ2v) is 10.1. The standard InChI is InChI=1S/C31H32N6O8/c1-19(38)36-26(15-25(33-36)22-13-29(42-3)31(44-5)30(14-22)43-4)21-8-11-27(28(12-21)41-2)45-18-23-17-35(34-32-23)16-20-6-9-24(10-7-20)37(39)40/h6-14,17,26H,15-16,18H2,1-5H3. The number of rotatable bonds is 12. The summed E-state index contributed by atoms with van der Waals surface area (Å²) in [6.45, 7) is 2.00. The molecule has 234 valence electrons. The molecule has 14 heteroatoms. The van der Waals surface area contributed by atoms with Gasteiger partial charge in [-0.15, -0.1) is 5.10 Å². The van der Waals surface area contributed by atoms with E-state index in [1.54, 1.807) is 62.5 Å². The van der Waals surface area contributed by atoms with Crippen molar-refractivity contribution in [3.63, 3.8) is 0 Å². The van der Waals surface area contributed by atoms with Crippen molar-refractivity contribution in [2.24, 2.45) is 5.10 Å². The lowest BCUT2D eigenvalue weighted by Crippen LogP contribution is -2.24. The lowest BCUT2D eigenvalue weighted by molar-refractivity contribution is -0.384. The number of benzene rings is 3. The van der Waals surface area contributed by atoms with Crippen LogP contribution in [0.5, 0.6) is 28.7 Å². The highest BCUT2D eigenvalue weighted by Gasteiger charge is 2.33. The van der Waals surface area contributed by atoms with E-state index >= 15 is 0 Å². The molecule has 1 amide bonds. The molecule has 45 heavy (non-hydrogen) atoms. The van der Waals surface area contributed by atoms with E-state index in [4.69, 9.17) is 23.7 Å². The fourth-order valence-electron chi connectivity index (χ4n) is 5.04. The molecular formula is C31H32N6O8. The minimum Gasteiger partial charge on any atom is -0.493 e. The van der Waals surface area contributed by atoms with Gasteiger partial charge in [-0.1, -0.05) is 23.4 Å². The van der Waals surface area contributed by atoms with Gasteiger partial charge in [-0.05, 0) is 35.4 Å². The Bertz CT molecular complexity index is 1710. The average Bonchev–Trinajstić information content (AvgIpc) is 3.71. The summed E-state index contributed by atoms with van der Waals surface area (Å²) in [7, 11) is 6.17. The van der Waals surface area contributed by atoms with Crippen molar-refractivity contribution in [3.8, 4) is 28.7 Å². The lowest BCUT2D eigenvalue weighted by atomic mass is 9.97. The van der Waals surface area contributed by atoms with E-state index in [-0.39, 0.29) is 24.2 Å². The number of non-ortho nitro benzene ring substituents is 1. The van der Waals surface area contributed by atoms with Gasteiger partial charge in [-0.3, -0.25) is 14.9 Å². The Morgan fingerprint density at radius 1 is 0.933 bits per heavy atom. The van der Waals surface area contributed by atoms with Gasteiger partial charge in [0.05, 0.1) is 57.9 Å². The largest absolute Gasteiger partial charge is 0.493 e. The van der Waals surface area contributed by atoms with Crippen LogP contribution in [0.25, 0.3) is 0 Å². The normalized spacial score (nSPS) is 14.1. The molecule has 1 aromatic heterocycles. The van der Waals surface area contributed by atoms with E-state index in [2.05, 4.69) is 15.4 Å². The monoisotopic (exact) mass is 616 g/mol. The van der Waals surface area contributed by atoms with E-state index in [1.807, 2.05) is 12.1 Å². The number of carbonyl (C=O) groups excluding carboxylic acids is 1. The third-order valence-corrected chi connectivity index (χ3v) is 7.26. The smallest absolute Gasteiger partial charge is 0.269 e. The van der Waals surface area contributed by atoms with Gasteiger partial charge in [0, 0.05) is 31.0 Å². The van der Waals surface area contributed by atoms with Gasteiger partial charge in [-0.2, -0.15) is 5.10 Å². The number of hydrogen-bond donors (Lipinski definition) is 0. The minimum absolute atomic E-state index is 0.0277. The fourth-order valence-corrected chi connectivity index (χ4v) is 5.04. The first-order valence-electron chi connectivity index (χ1n) is 13.8. The number of ether oxygens (including phenoxy) is 5. The van der Waals surface area contributed by atoms with Gasteiger partial charge < -0.3 is 23.7 Å². The molecule has 1 aliphatic heterocycles. The maximum absolute atomic E-state index is 12.6. The fraction of sp³-hybridized carbons (Fsp3) is 0.290. The Labute approximate surface area is 258 Å². The third kappa shape index (κ3) is 6.64. The van der Waals surface area contributed by atoms with Crippen molar-refractivity contribution in [2.75, 3.05) is 28.4 Å². The molecule has 0 bridgehead atoms. The number of nitrogens with zero attached hydrogens (tertiary/aromatic N) is 6. The van der Waals surface area contributed by atoms with Crippen LogP contribution >= 0.6 is 0 Å². The number of nitro benzene ring substituents is 1. The van der Waals surface area contributed by atoms with Crippen molar-refractivity contribution in [1.29, 1.82) is 0 Å². The van der Waals surface area contributed by atoms with E-state index in [0.717, 1.165) is 16.7 Å². The first-order chi connectivity index (χ1) is 21.7. The van der Waals surface area contributed by atoms with Crippen LogP contribution in [0.2, 0.25) is 0 Å². The number of aromatic nitrogens is 3. The summed E-state index contributed by atoms with van der Waals surface area (Å²) in [5.41, 5.74) is 3.70. The molecule has 4 aromatic rings. The van der Waals surface area contributed by atoms with Crippen molar-refractivity contribution in [3.05, 3.63) is 93.3 Å². The number of amides is 1. The Morgan fingerprint density at radius 2 is 1.62 bits per heavy atom. The molecule has 0 N–H and O–H groups in total. The molecule has 5 rings (SSSR count). The molecule has 1 unspecified atom stereocenters. The molecule has 2 heterocycles. The van der Waals surface area contributed by atoms with Gasteiger partial charge in [0.15, 0.2) is 23.0 Å². The molecule has 0 saturated heterocycles. The van der Waals surface area contributed by atoms with E-state index in [1.165, 1.54) is 31.2 Å².